The van der Waals surface area contributed by atoms with Gasteiger partial charge in [-0.25, -0.2) is 4.98 Å². The van der Waals surface area contributed by atoms with Crippen molar-refractivity contribution in [1.82, 2.24) is 4.98 Å². The van der Waals surface area contributed by atoms with E-state index in [0.29, 0.717) is 33.7 Å². The Hall–Kier alpha value is -4.32. The molecule has 1 unspecified atom stereocenters. The molecule has 6 heteroatoms. The number of rotatable bonds is 6. The zero-order chi connectivity index (χ0) is 23.7. The predicted molar refractivity (Wildman–Crippen MR) is 130 cm³/mol. The highest BCUT2D eigenvalue weighted by atomic mass is 16.5. The molecule has 170 valence electrons. The van der Waals surface area contributed by atoms with Crippen LogP contribution in [0.5, 0.6) is 17.2 Å². The van der Waals surface area contributed by atoms with Crippen molar-refractivity contribution in [3.63, 3.8) is 0 Å². The molecule has 0 fully saturated rings. The molecule has 4 aromatic rings. The fourth-order valence-electron chi connectivity index (χ4n) is 3.93. The first-order valence-electron chi connectivity index (χ1n) is 10.9. The van der Waals surface area contributed by atoms with Crippen LogP contribution in [-0.4, -0.2) is 31.1 Å². The van der Waals surface area contributed by atoms with Gasteiger partial charge in [0.1, 0.15) is 17.4 Å². The maximum Gasteiger partial charge on any atom is 0.231 e. The predicted octanol–water partition coefficient (Wildman–Crippen LogP) is 5.98. The van der Waals surface area contributed by atoms with Crippen molar-refractivity contribution in [1.29, 1.82) is 0 Å². The zero-order valence-corrected chi connectivity index (χ0v) is 19.1. The van der Waals surface area contributed by atoms with E-state index in [-0.39, 0.29) is 17.8 Å². The van der Waals surface area contributed by atoms with Gasteiger partial charge in [-0.15, -0.1) is 0 Å². The van der Waals surface area contributed by atoms with Crippen LogP contribution < -0.4 is 14.2 Å². The summed E-state index contributed by atoms with van der Waals surface area (Å²) in [4.78, 5) is 18.4. The van der Waals surface area contributed by atoms with Gasteiger partial charge in [-0.05, 0) is 61.0 Å². The molecule has 3 aromatic carbocycles. The summed E-state index contributed by atoms with van der Waals surface area (Å²) in [5.41, 5.74) is 3.82. The lowest BCUT2D eigenvalue weighted by molar-refractivity contribution is 0.105. The molecule has 0 bridgehead atoms. The van der Waals surface area contributed by atoms with Crippen LogP contribution in [0, 0.1) is 0 Å². The highest BCUT2D eigenvalue weighted by Crippen LogP contribution is 2.34. The van der Waals surface area contributed by atoms with E-state index in [1.165, 1.54) is 7.11 Å². The number of para-hydroxylation sites is 3. The van der Waals surface area contributed by atoms with Gasteiger partial charge in [0.05, 0.1) is 19.8 Å². The molecule has 0 aliphatic carbocycles. The first kappa shape index (κ1) is 21.5. The van der Waals surface area contributed by atoms with E-state index >= 15 is 0 Å². The molecule has 0 saturated carbocycles. The molecule has 0 radical (unpaired) electrons. The number of carbonyl (C=O) groups is 1. The molecular formula is C28H23NO5. The first-order valence-corrected chi connectivity index (χ1v) is 10.9. The Balaban J connectivity index is 1.65. The van der Waals surface area contributed by atoms with Gasteiger partial charge in [-0.2, -0.15) is 0 Å². The van der Waals surface area contributed by atoms with E-state index in [1.807, 2.05) is 61.5 Å². The van der Waals surface area contributed by atoms with Crippen LogP contribution in [0.15, 0.2) is 82.8 Å². The lowest BCUT2D eigenvalue weighted by atomic mass is 9.96. The Morgan fingerprint density at radius 2 is 1.74 bits per heavy atom. The van der Waals surface area contributed by atoms with E-state index in [0.717, 1.165) is 16.9 Å². The van der Waals surface area contributed by atoms with Gasteiger partial charge in [0.2, 0.25) is 5.89 Å². The summed E-state index contributed by atoms with van der Waals surface area (Å²) in [6.07, 6.45) is 3.56. The molecule has 0 saturated heterocycles. The number of fused-ring (bicyclic) bond motifs is 2. The minimum Gasteiger partial charge on any atom is -0.493 e. The standard InChI is InChI=1S/C28H23NO5/c1-17-20(14-18-8-4-6-10-23(18)33-17)15-21(28-29-22-9-5-7-11-24(22)34-28)27(30)19-12-13-25(31-2)26(16-19)32-3/h4-17H,1-3H3. The maximum absolute atomic E-state index is 13.8. The van der Waals surface area contributed by atoms with E-state index in [4.69, 9.17) is 18.6 Å². The van der Waals surface area contributed by atoms with Crippen LogP contribution in [0.2, 0.25) is 0 Å². The highest BCUT2D eigenvalue weighted by molar-refractivity contribution is 6.28. The molecule has 0 spiro atoms. The molecule has 34 heavy (non-hydrogen) atoms. The van der Waals surface area contributed by atoms with Gasteiger partial charge in [0.25, 0.3) is 0 Å². The van der Waals surface area contributed by atoms with Crippen LogP contribution in [0.3, 0.4) is 0 Å². The van der Waals surface area contributed by atoms with Crippen molar-refractivity contribution in [2.45, 2.75) is 13.0 Å². The van der Waals surface area contributed by atoms with Crippen molar-refractivity contribution < 1.29 is 23.4 Å². The largest absolute Gasteiger partial charge is 0.493 e. The fourth-order valence-corrected chi connectivity index (χ4v) is 3.93. The number of nitrogens with zero attached hydrogens (tertiary/aromatic N) is 1. The highest BCUT2D eigenvalue weighted by Gasteiger charge is 2.25. The second-order valence-corrected chi connectivity index (χ2v) is 7.89. The Morgan fingerprint density at radius 1 is 0.971 bits per heavy atom. The van der Waals surface area contributed by atoms with Gasteiger partial charge in [-0.3, -0.25) is 4.79 Å². The Morgan fingerprint density at radius 3 is 2.53 bits per heavy atom. The average molecular weight is 453 g/mol. The summed E-state index contributed by atoms with van der Waals surface area (Å²) >= 11 is 0. The first-order chi connectivity index (χ1) is 16.6. The Kier molecular flexibility index (Phi) is 5.64. The molecule has 0 amide bonds. The number of oxazole rings is 1. The van der Waals surface area contributed by atoms with Crippen molar-refractivity contribution in [2.24, 2.45) is 0 Å². The van der Waals surface area contributed by atoms with Crippen LogP contribution in [0.25, 0.3) is 22.7 Å². The number of methoxy groups -OCH3 is 2. The number of ketones is 1. The topological polar surface area (TPSA) is 70.8 Å². The fraction of sp³-hybridized carbons (Fsp3) is 0.143. The van der Waals surface area contributed by atoms with Crippen LogP contribution in [-0.2, 0) is 0 Å². The maximum atomic E-state index is 13.8. The monoisotopic (exact) mass is 453 g/mol. The minimum atomic E-state index is -0.257. The Bertz CT molecular complexity index is 1410. The number of carbonyl (C=O) groups excluding carboxylic acids is 1. The SMILES string of the molecule is COc1ccc(C(=O)C(=CC2=Cc3ccccc3OC2C)c2nc3ccccc3o2)cc1OC. The smallest absolute Gasteiger partial charge is 0.231 e. The van der Waals surface area contributed by atoms with Gasteiger partial charge < -0.3 is 18.6 Å². The van der Waals surface area contributed by atoms with E-state index < -0.39 is 0 Å². The Labute approximate surface area is 197 Å². The van der Waals surface area contributed by atoms with Crippen molar-refractivity contribution in [2.75, 3.05) is 14.2 Å². The van der Waals surface area contributed by atoms with Crippen LogP contribution >= 0.6 is 0 Å². The van der Waals surface area contributed by atoms with Gasteiger partial charge in [-0.1, -0.05) is 30.3 Å². The second-order valence-electron chi connectivity index (χ2n) is 7.89. The van der Waals surface area contributed by atoms with E-state index in [2.05, 4.69) is 4.98 Å². The number of hydrogen-bond acceptors (Lipinski definition) is 6. The molecule has 5 rings (SSSR count). The van der Waals surface area contributed by atoms with E-state index in [9.17, 15) is 4.79 Å². The molecule has 0 N–H and O–H groups in total. The molecule has 1 atom stereocenters. The number of benzene rings is 3. The molecular weight excluding hydrogens is 430 g/mol. The third kappa shape index (κ3) is 3.94. The summed E-state index contributed by atoms with van der Waals surface area (Å²) in [7, 11) is 3.09. The summed E-state index contributed by atoms with van der Waals surface area (Å²) in [5, 5.41) is 0. The molecule has 1 aromatic heterocycles. The summed E-state index contributed by atoms with van der Waals surface area (Å²) in [6.45, 7) is 1.95. The normalized spacial score (nSPS) is 15.3. The number of ether oxygens (including phenoxy) is 3. The number of aromatic nitrogens is 1. The van der Waals surface area contributed by atoms with Crippen LogP contribution in [0.4, 0.5) is 0 Å². The third-order valence-electron chi connectivity index (χ3n) is 5.74. The minimum absolute atomic E-state index is 0.243. The third-order valence-corrected chi connectivity index (χ3v) is 5.74. The van der Waals surface area contributed by atoms with Gasteiger partial charge in [0, 0.05) is 11.1 Å². The van der Waals surface area contributed by atoms with Gasteiger partial charge >= 0.3 is 0 Å². The number of Topliss-reactive ketones (excluding diaryl/α,β-unsaturated/α-hetero) is 1. The molecule has 6 nitrogen and oxygen atoms in total. The van der Waals surface area contributed by atoms with Crippen molar-refractivity contribution in [3.8, 4) is 17.2 Å². The van der Waals surface area contributed by atoms with E-state index in [1.54, 1.807) is 31.4 Å². The molecule has 1 aliphatic heterocycles. The quantitative estimate of drug-likeness (QED) is 0.264. The molecule has 1 aliphatic rings. The summed E-state index contributed by atoms with van der Waals surface area (Å²) < 4.78 is 22.8. The zero-order valence-electron chi connectivity index (χ0n) is 19.1. The summed E-state index contributed by atoms with van der Waals surface area (Å²) in [6, 6.07) is 20.3. The van der Waals surface area contributed by atoms with Crippen molar-refractivity contribution >= 4 is 28.5 Å². The molecule has 2 heterocycles. The average Bonchev–Trinajstić information content (AvgIpc) is 3.30. The summed E-state index contributed by atoms with van der Waals surface area (Å²) in [5.74, 6) is 1.81. The lowest BCUT2D eigenvalue weighted by Gasteiger charge is -2.23. The second kappa shape index (κ2) is 8.90. The number of hydrogen-bond donors (Lipinski definition) is 0. The van der Waals surface area contributed by atoms with Crippen LogP contribution in [0.1, 0.15) is 28.7 Å². The van der Waals surface area contributed by atoms with Gasteiger partial charge in [0.15, 0.2) is 22.9 Å². The van der Waals surface area contributed by atoms with Crippen molar-refractivity contribution in [3.05, 3.63) is 95.4 Å². The number of allylic oxidation sites excluding steroid dienone is 1. The lowest BCUT2D eigenvalue weighted by Crippen LogP contribution is -2.18.